The number of hydrogen-bond acceptors (Lipinski definition) is 8. The molecule has 0 spiro atoms. The quantitative estimate of drug-likeness (QED) is 0.246. The van der Waals surface area contributed by atoms with Gasteiger partial charge in [-0.1, -0.05) is 55.2 Å². The van der Waals surface area contributed by atoms with Gasteiger partial charge < -0.3 is 10.1 Å². The maximum absolute atomic E-state index is 12.5. The van der Waals surface area contributed by atoms with Crippen LogP contribution < -0.4 is 5.32 Å². The zero-order valence-electron chi connectivity index (χ0n) is 21.2. The number of carbonyl (C=O) groups excluding carboxylic acids is 2. The number of fused-ring (bicyclic) bond motifs is 2. The Labute approximate surface area is 220 Å². The minimum Gasteiger partial charge on any atom is -0.489 e. The summed E-state index contributed by atoms with van der Waals surface area (Å²) < 4.78 is 7.60. The van der Waals surface area contributed by atoms with Crippen LogP contribution >= 0.6 is 0 Å². The first-order valence-electron chi connectivity index (χ1n) is 13.0. The molecule has 0 radical (unpaired) electrons. The smallest absolute Gasteiger partial charge is 0.228 e. The van der Waals surface area contributed by atoms with Gasteiger partial charge in [0.05, 0.1) is 36.1 Å². The van der Waals surface area contributed by atoms with Gasteiger partial charge in [0.2, 0.25) is 5.78 Å². The summed E-state index contributed by atoms with van der Waals surface area (Å²) in [7, 11) is 0. The molecule has 4 aromatic rings. The molecule has 0 unspecified atom stereocenters. The fraction of sp³-hybridized carbons (Fsp3) is 0.310. The Morgan fingerprint density at radius 3 is 2.47 bits per heavy atom. The van der Waals surface area contributed by atoms with Crippen molar-refractivity contribution >= 4 is 28.3 Å². The summed E-state index contributed by atoms with van der Waals surface area (Å²) in [6.07, 6.45) is 12.7. The van der Waals surface area contributed by atoms with Gasteiger partial charge in [0.25, 0.3) is 0 Å². The zero-order chi connectivity index (χ0) is 26.2. The molecule has 194 valence electrons. The summed E-state index contributed by atoms with van der Waals surface area (Å²) in [6, 6.07) is 12.8. The number of aromatic nitrogens is 5. The fourth-order valence-electron chi connectivity index (χ4n) is 4.52. The third-order valence-electron chi connectivity index (χ3n) is 6.59. The lowest BCUT2D eigenvalue weighted by molar-refractivity contribution is 0.0879. The summed E-state index contributed by atoms with van der Waals surface area (Å²) in [5.74, 6) is -0.236. The van der Waals surface area contributed by atoms with E-state index in [0.29, 0.717) is 24.3 Å². The van der Waals surface area contributed by atoms with Crippen LogP contribution in [0.4, 0.5) is 5.69 Å². The minimum atomic E-state index is -0.213. The SMILES string of the molecule is O=C1C=C(OCCCCCCCCn2nncc2CNc2ccc3nccnc3c2)C(=O)c2ccccc21. The molecule has 0 atom stereocenters. The molecule has 1 aliphatic rings. The normalized spacial score (nSPS) is 12.9. The number of benzene rings is 2. The van der Waals surface area contributed by atoms with Gasteiger partial charge in [0.15, 0.2) is 11.5 Å². The number of rotatable bonds is 13. The molecule has 2 aromatic carbocycles. The van der Waals surface area contributed by atoms with Crippen molar-refractivity contribution in [1.82, 2.24) is 25.0 Å². The molecule has 0 amide bonds. The topological polar surface area (TPSA) is 112 Å². The first-order chi connectivity index (χ1) is 18.7. The molecule has 9 heteroatoms. The summed E-state index contributed by atoms with van der Waals surface area (Å²) in [5, 5.41) is 11.7. The maximum atomic E-state index is 12.5. The van der Waals surface area contributed by atoms with Crippen LogP contribution in [-0.4, -0.2) is 43.1 Å². The number of unbranched alkanes of at least 4 members (excludes halogenated alkanes) is 5. The average Bonchev–Trinajstić information content (AvgIpc) is 3.40. The minimum absolute atomic E-state index is 0.154. The zero-order valence-corrected chi connectivity index (χ0v) is 21.2. The van der Waals surface area contributed by atoms with Crippen molar-refractivity contribution in [2.24, 2.45) is 0 Å². The van der Waals surface area contributed by atoms with Gasteiger partial charge in [-0.25, -0.2) is 4.68 Å². The molecule has 0 bridgehead atoms. The number of ketones is 2. The monoisotopic (exact) mass is 510 g/mol. The Morgan fingerprint density at radius 1 is 0.842 bits per heavy atom. The van der Waals surface area contributed by atoms with Crippen LogP contribution in [0.25, 0.3) is 11.0 Å². The van der Waals surface area contributed by atoms with Crippen LogP contribution in [0, 0.1) is 0 Å². The second kappa shape index (κ2) is 12.2. The van der Waals surface area contributed by atoms with Crippen molar-refractivity contribution < 1.29 is 14.3 Å². The molecule has 0 fully saturated rings. The number of nitrogens with zero attached hydrogens (tertiary/aromatic N) is 5. The number of ether oxygens (including phenoxy) is 1. The third kappa shape index (κ3) is 6.11. The Morgan fingerprint density at radius 2 is 1.61 bits per heavy atom. The Balaban J connectivity index is 0.961. The van der Waals surface area contributed by atoms with Crippen LogP contribution in [0.5, 0.6) is 0 Å². The number of allylic oxidation sites excluding steroid dienone is 2. The van der Waals surface area contributed by atoms with Gasteiger partial charge in [-0.3, -0.25) is 19.6 Å². The van der Waals surface area contributed by atoms with Crippen molar-refractivity contribution in [3.8, 4) is 0 Å². The highest BCUT2D eigenvalue weighted by molar-refractivity contribution is 6.23. The molecule has 0 saturated carbocycles. The lowest BCUT2D eigenvalue weighted by Crippen LogP contribution is -2.18. The van der Waals surface area contributed by atoms with E-state index in [1.165, 1.54) is 6.08 Å². The fourth-order valence-corrected chi connectivity index (χ4v) is 4.52. The van der Waals surface area contributed by atoms with E-state index >= 15 is 0 Å². The third-order valence-corrected chi connectivity index (χ3v) is 6.59. The predicted molar refractivity (Wildman–Crippen MR) is 144 cm³/mol. The highest BCUT2D eigenvalue weighted by Crippen LogP contribution is 2.22. The largest absolute Gasteiger partial charge is 0.489 e. The van der Waals surface area contributed by atoms with E-state index in [-0.39, 0.29) is 17.3 Å². The number of hydrogen-bond donors (Lipinski definition) is 1. The molecule has 9 nitrogen and oxygen atoms in total. The lowest BCUT2D eigenvalue weighted by Gasteiger charge is -2.15. The molecule has 1 N–H and O–H groups in total. The van der Waals surface area contributed by atoms with Crippen LogP contribution in [0.3, 0.4) is 0 Å². The number of anilines is 1. The van der Waals surface area contributed by atoms with Crippen molar-refractivity contribution in [2.45, 2.75) is 51.6 Å². The van der Waals surface area contributed by atoms with Gasteiger partial charge in [-0.05, 0) is 31.0 Å². The van der Waals surface area contributed by atoms with E-state index in [1.807, 2.05) is 22.9 Å². The highest BCUT2D eigenvalue weighted by atomic mass is 16.5. The number of aryl methyl sites for hydroxylation is 1. The predicted octanol–water partition coefficient (Wildman–Crippen LogP) is 5.15. The van der Waals surface area contributed by atoms with Gasteiger partial charge >= 0.3 is 0 Å². The molecule has 1 aliphatic carbocycles. The molecule has 2 heterocycles. The number of nitrogens with one attached hydrogen (secondary N) is 1. The maximum Gasteiger partial charge on any atom is 0.228 e. The van der Waals surface area contributed by atoms with Crippen molar-refractivity contribution in [2.75, 3.05) is 11.9 Å². The Hall–Kier alpha value is -4.40. The number of Topliss-reactive ketones (excluding diaryl/α,β-unsaturated/α-hetero) is 1. The molecule has 0 aliphatic heterocycles. The summed E-state index contributed by atoms with van der Waals surface area (Å²) >= 11 is 0. The van der Waals surface area contributed by atoms with E-state index < -0.39 is 0 Å². The summed E-state index contributed by atoms with van der Waals surface area (Å²) in [5.41, 5.74) is 4.61. The van der Waals surface area contributed by atoms with Crippen LogP contribution in [0.15, 0.2) is 72.9 Å². The lowest BCUT2D eigenvalue weighted by atomic mass is 9.94. The van der Waals surface area contributed by atoms with Gasteiger partial charge in [-0.15, -0.1) is 5.10 Å². The molecule has 0 saturated heterocycles. The van der Waals surface area contributed by atoms with Gasteiger partial charge in [0.1, 0.15) is 0 Å². The first kappa shape index (κ1) is 25.3. The standard InChI is InChI=1S/C29H30N6O3/c36-27-18-28(29(37)24-10-6-5-9-23(24)27)38-16-8-4-2-1-3-7-15-35-22(20-33-34-35)19-32-21-11-12-25-26(17-21)31-14-13-30-25/h5-6,9-14,17-18,20,32H,1-4,7-8,15-16,19H2. The van der Waals surface area contributed by atoms with Crippen molar-refractivity contribution in [3.05, 3.63) is 89.7 Å². The average molecular weight is 511 g/mol. The van der Waals surface area contributed by atoms with Crippen molar-refractivity contribution in [1.29, 1.82) is 0 Å². The summed E-state index contributed by atoms with van der Waals surface area (Å²) in [6.45, 7) is 1.90. The molecular weight excluding hydrogens is 480 g/mol. The second-order valence-corrected chi connectivity index (χ2v) is 9.28. The van der Waals surface area contributed by atoms with E-state index in [4.69, 9.17) is 4.74 Å². The van der Waals surface area contributed by atoms with E-state index in [1.54, 1.807) is 42.9 Å². The Kier molecular flexibility index (Phi) is 8.13. The van der Waals surface area contributed by atoms with E-state index in [2.05, 4.69) is 25.6 Å². The molecule has 5 rings (SSSR count). The molecular formula is C29H30N6O3. The highest BCUT2D eigenvalue weighted by Gasteiger charge is 2.26. The number of carbonyl (C=O) groups is 2. The summed E-state index contributed by atoms with van der Waals surface area (Å²) in [4.78, 5) is 33.4. The van der Waals surface area contributed by atoms with Crippen LogP contribution in [0.2, 0.25) is 0 Å². The van der Waals surface area contributed by atoms with Crippen LogP contribution in [-0.2, 0) is 17.8 Å². The van der Waals surface area contributed by atoms with Crippen molar-refractivity contribution in [3.63, 3.8) is 0 Å². The molecule has 2 aromatic heterocycles. The van der Waals surface area contributed by atoms with Gasteiger partial charge in [-0.2, -0.15) is 0 Å². The Bertz CT molecular complexity index is 1460. The molecule has 38 heavy (non-hydrogen) atoms. The van der Waals surface area contributed by atoms with E-state index in [0.717, 1.165) is 67.5 Å². The van der Waals surface area contributed by atoms with Crippen LogP contribution in [0.1, 0.15) is 64.9 Å². The van der Waals surface area contributed by atoms with E-state index in [9.17, 15) is 9.59 Å². The first-order valence-corrected chi connectivity index (χ1v) is 13.0. The van der Waals surface area contributed by atoms with Gasteiger partial charge in [0, 0.05) is 41.8 Å². The second-order valence-electron chi connectivity index (χ2n) is 9.28.